The van der Waals surface area contributed by atoms with Crippen LogP contribution in [0.2, 0.25) is 0 Å². The van der Waals surface area contributed by atoms with Gasteiger partial charge in [-0.3, -0.25) is 4.79 Å². The van der Waals surface area contributed by atoms with Crippen LogP contribution in [0.25, 0.3) is 0 Å². The second-order valence-corrected chi connectivity index (χ2v) is 4.73. The van der Waals surface area contributed by atoms with Crippen LogP contribution in [0.15, 0.2) is 24.3 Å². The van der Waals surface area contributed by atoms with Crippen molar-refractivity contribution >= 4 is 11.6 Å². The molecule has 0 aromatic heterocycles. The lowest BCUT2D eigenvalue weighted by molar-refractivity contribution is -0.114. The van der Waals surface area contributed by atoms with Gasteiger partial charge in [-0.25, -0.2) is 0 Å². The molecule has 0 saturated heterocycles. The van der Waals surface area contributed by atoms with Crippen LogP contribution in [0.3, 0.4) is 0 Å². The number of rotatable bonds is 5. The smallest absolute Gasteiger partial charge is 0.221 e. The fraction of sp³-hybridized carbons (Fsp3) is 0.462. The average Bonchev–Trinajstić information content (AvgIpc) is 2.27. The second-order valence-electron chi connectivity index (χ2n) is 4.73. The highest BCUT2D eigenvalue weighted by Gasteiger charge is 2.15. The van der Waals surface area contributed by atoms with E-state index in [-0.39, 0.29) is 18.1 Å². The summed E-state index contributed by atoms with van der Waals surface area (Å²) in [6.45, 7) is 6.00. The van der Waals surface area contributed by atoms with Gasteiger partial charge < -0.3 is 15.7 Å². The summed E-state index contributed by atoms with van der Waals surface area (Å²) in [5.41, 5.74) is 1.48. The molecule has 1 aromatic carbocycles. The minimum Gasteiger partial charge on any atom is -0.394 e. The Balaban J connectivity index is 2.73. The molecule has 3 N–H and O–H groups in total. The molecule has 0 spiro atoms. The molecule has 1 aromatic rings. The molecule has 1 rings (SSSR count). The van der Waals surface area contributed by atoms with Crippen LogP contribution in [0, 0.1) is 0 Å². The molecule has 0 radical (unpaired) electrons. The summed E-state index contributed by atoms with van der Waals surface area (Å²) in [4.78, 5) is 11.1. The summed E-state index contributed by atoms with van der Waals surface area (Å²) < 4.78 is 0. The molecule has 94 valence electrons. The Bertz CT molecular complexity index is 389. The molecule has 0 bridgehead atoms. The number of carbonyl (C=O) groups is 1. The van der Waals surface area contributed by atoms with E-state index in [1.54, 1.807) is 0 Å². The summed E-state index contributed by atoms with van der Waals surface area (Å²) in [7, 11) is 0. The van der Waals surface area contributed by atoms with Crippen LogP contribution in [0.1, 0.15) is 26.3 Å². The first-order valence-corrected chi connectivity index (χ1v) is 5.66. The Morgan fingerprint density at radius 2 is 2.00 bits per heavy atom. The van der Waals surface area contributed by atoms with E-state index in [2.05, 4.69) is 10.6 Å². The van der Waals surface area contributed by atoms with Crippen molar-refractivity contribution in [2.45, 2.75) is 32.9 Å². The fourth-order valence-electron chi connectivity index (χ4n) is 1.38. The summed E-state index contributed by atoms with van der Waals surface area (Å²) in [6.07, 6.45) is 0. The van der Waals surface area contributed by atoms with Gasteiger partial charge in [0.05, 0.1) is 6.61 Å². The first-order valence-electron chi connectivity index (χ1n) is 5.66. The van der Waals surface area contributed by atoms with Crippen LogP contribution in [0.4, 0.5) is 5.69 Å². The topological polar surface area (TPSA) is 61.4 Å². The molecule has 0 atom stereocenters. The van der Waals surface area contributed by atoms with E-state index in [1.165, 1.54) is 6.92 Å². The molecule has 0 fully saturated rings. The number of hydrogen-bond donors (Lipinski definition) is 3. The van der Waals surface area contributed by atoms with Crippen molar-refractivity contribution in [2.24, 2.45) is 0 Å². The Morgan fingerprint density at radius 1 is 1.35 bits per heavy atom. The number of carbonyl (C=O) groups excluding carboxylic acids is 1. The maximum atomic E-state index is 11.1. The summed E-state index contributed by atoms with van der Waals surface area (Å²) in [5.74, 6) is -0.0844. The van der Waals surface area contributed by atoms with E-state index in [1.807, 2.05) is 38.1 Å². The zero-order chi connectivity index (χ0) is 12.9. The van der Waals surface area contributed by atoms with Crippen LogP contribution >= 0.6 is 0 Å². The van der Waals surface area contributed by atoms with Crippen molar-refractivity contribution in [3.63, 3.8) is 0 Å². The number of anilines is 1. The van der Waals surface area contributed by atoms with Gasteiger partial charge in [-0.2, -0.15) is 0 Å². The molecule has 0 aliphatic carbocycles. The molecular weight excluding hydrogens is 216 g/mol. The fourth-order valence-corrected chi connectivity index (χ4v) is 1.38. The standard InChI is InChI=1S/C13H20N2O2/c1-10(17)15-12-7-5-4-6-11(12)8-14-13(2,3)9-16/h4-7,14,16H,8-9H2,1-3H3,(H,15,17). The van der Waals surface area contributed by atoms with Crippen LogP contribution in [0.5, 0.6) is 0 Å². The van der Waals surface area contributed by atoms with Crippen molar-refractivity contribution < 1.29 is 9.90 Å². The van der Waals surface area contributed by atoms with Crippen LogP contribution < -0.4 is 10.6 Å². The predicted molar refractivity (Wildman–Crippen MR) is 68.8 cm³/mol. The van der Waals surface area contributed by atoms with Gasteiger partial charge >= 0.3 is 0 Å². The number of amides is 1. The Kier molecular flexibility index (Phi) is 4.66. The molecule has 0 heterocycles. The molecular formula is C13H20N2O2. The number of nitrogens with one attached hydrogen (secondary N) is 2. The Labute approximate surface area is 102 Å². The third-order valence-electron chi connectivity index (χ3n) is 2.48. The normalized spacial score (nSPS) is 11.3. The highest BCUT2D eigenvalue weighted by molar-refractivity contribution is 5.89. The van der Waals surface area contributed by atoms with E-state index in [4.69, 9.17) is 5.11 Å². The summed E-state index contributed by atoms with van der Waals surface area (Å²) >= 11 is 0. The maximum Gasteiger partial charge on any atom is 0.221 e. The second kappa shape index (κ2) is 5.80. The first kappa shape index (κ1) is 13.7. The molecule has 17 heavy (non-hydrogen) atoms. The third kappa shape index (κ3) is 4.54. The van der Waals surface area contributed by atoms with Gasteiger partial charge in [0.1, 0.15) is 0 Å². The van der Waals surface area contributed by atoms with Crippen molar-refractivity contribution in [3.05, 3.63) is 29.8 Å². The van der Waals surface area contributed by atoms with Crippen molar-refractivity contribution in [1.29, 1.82) is 0 Å². The third-order valence-corrected chi connectivity index (χ3v) is 2.48. The number of benzene rings is 1. The maximum absolute atomic E-state index is 11.1. The van der Waals surface area contributed by atoms with Crippen LogP contribution in [-0.4, -0.2) is 23.2 Å². The number of aliphatic hydroxyl groups excluding tert-OH is 1. The van der Waals surface area contributed by atoms with E-state index in [0.717, 1.165) is 11.3 Å². The van der Waals surface area contributed by atoms with Gasteiger partial charge in [-0.15, -0.1) is 0 Å². The summed E-state index contributed by atoms with van der Waals surface area (Å²) in [6, 6.07) is 7.62. The lowest BCUT2D eigenvalue weighted by atomic mass is 10.1. The van der Waals surface area contributed by atoms with Gasteiger partial charge in [-0.1, -0.05) is 18.2 Å². The molecule has 0 unspecified atom stereocenters. The lowest BCUT2D eigenvalue weighted by Crippen LogP contribution is -2.42. The van der Waals surface area contributed by atoms with Crippen molar-refractivity contribution in [2.75, 3.05) is 11.9 Å². The van der Waals surface area contributed by atoms with Gasteiger partial charge in [0.15, 0.2) is 0 Å². The number of para-hydroxylation sites is 1. The largest absolute Gasteiger partial charge is 0.394 e. The predicted octanol–water partition coefficient (Wildman–Crippen LogP) is 1.51. The minimum absolute atomic E-state index is 0.0648. The number of aliphatic hydroxyl groups is 1. The van der Waals surface area contributed by atoms with Gasteiger partial charge in [0, 0.05) is 24.7 Å². The molecule has 0 saturated carbocycles. The van der Waals surface area contributed by atoms with Gasteiger partial charge in [0.25, 0.3) is 0 Å². The quantitative estimate of drug-likeness (QED) is 0.726. The van der Waals surface area contributed by atoms with E-state index >= 15 is 0 Å². The van der Waals surface area contributed by atoms with Gasteiger partial charge in [-0.05, 0) is 25.5 Å². The zero-order valence-corrected chi connectivity index (χ0v) is 10.6. The molecule has 4 nitrogen and oxygen atoms in total. The molecule has 0 aliphatic rings. The van der Waals surface area contributed by atoms with Gasteiger partial charge in [0.2, 0.25) is 5.91 Å². The highest BCUT2D eigenvalue weighted by atomic mass is 16.3. The van der Waals surface area contributed by atoms with E-state index in [9.17, 15) is 4.79 Å². The zero-order valence-electron chi connectivity index (χ0n) is 10.6. The monoisotopic (exact) mass is 236 g/mol. The molecule has 1 amide bonds. The SMILES string of the molecule is CC(=O)Nc1ccccc1CNC(C)(C)CO. The highest BCUT2D eigenvalue weighted by Crippen LogP contribution is 2.15. The van der Waals surface area contributed by atoms with Crippen molar-refractivity contribution in [1.82, 2.24) is 5.32 Å². The minimum atomic E-state index is -0.330. The van der Waals surface area contributed by atoms with Crippen molar-refractivity contribution in [3.8, 4) is 0 Å². The van der Waals surface area contributed by atoms with E-state index < -0.39 is 0 Å². The molecule has 0 aliphatic heterocycles. The van der Waals surface area contributed by atoms with E-state index in [0.29, 0.717) is 6.54 Å². The summed E-state index contributed by atoms with van der Waals surface area (Å²) in [5, 5.41) is 15.2. The lowest BCUT2D eigenvalue weighted by Gasteiger charge is -2.24. The van der Waals surface area contributed by atoms with Crippen LogP contribution in [-0.2, 0) is 11.3 Å². The first-order chi connectivity index (χ1) is 7.94. The number of hydrogen-bond acceptors (Lipinski definition) is 3. The molecule has 4 heteroatoms. The Hall–Kier alpha value is -1.39. The average molecular weight is 236 g/mol. The Morgan fingerprint density at radius 3 is 2.59 bits per heavy atom.